The van der Waals surface area contributed by atoms with Crippen molar-refractivity contribution in [1.29, 1.82) is 0 Å². The van der Waals surface area contributed by atoms with Crippen LogP contribution < -0.4 is 10.6 Å². The summed E-state index contributed by atoms with van der Waals surface area (Å²) in [5.41, 5.74) is 1.91. The lowest BCUT2D eigenvalue weighted by molar-refractivity contribution is 0.627. The summed E-state index contributed by atoms with van der Waals surface area (Å²) in [7, 11) is 0. The van der Waals surface area contributed by atoms with Gasteiger partial charge in [-0.3, -0.25) is 5.10 Å². The predicted octanol–water partition coefficient (Wildman–Crippen LogP) is 4.50. The van der Waals surface area contributed by atoms with Gasteiger partial charge in [0.2, 0.25) is 11.9 Å². The van der Waals surface area contributed by atoms with Gasteiger partial charge >= 0.3 is 0 Å². The van der Waals surface area contributed by atoms with Gasteiger partial charge in [0.05, 0.1) is 0 Å². The minimum absolute atomic E-state index is 0.360. The van der Waals surface area contributed by atoms with Gasteiger partial charge in [-0.05, 0) is 43.4 Å². The third-order valence-electron chi connectivity index (χ3n) is 4.90. The van der Waals surface area contributed by atoms with Crippen molar-refractivity contribution < 1.29 is 4.39 Å². The normalized spacial score (nSPS) is 16.2. The molecule has 2 saturated carbocycles. The maximum atomic E-state index is 13.2. The van der Waals surface area contributed by atoms with Crippen molar-refractivity contribution in [3.63, 3.8) is 0 Å². The molecule has 0 spiro atoms. The van der Waals surface area contributed by atoms with Crippen LogP contribution in [-0.2, 0) is 6.54 Å². The third-order valence-corrected chi connectivity index (χ3v) is 5.25. The second kappa shape index (κ2) is 7.01. The van der Waals surface area contributed by atoms with Crippen molar-refractivity contribution >= 4 is 29.3 Å². The molecule has 0 bridgehead atoms. The molecule has 2 aromatic heterocycles. The van der Waals surface area contributed by atoms with Crippen LogP contribution in [0.5, 0.6) is 0 Å². The summed E-state index contributed by atoms with van der Waals surface area (Å²) < 4.78 is 13.2. The molecule has 0 unspecified atom stereocenters. The molecule has 0 aliphatic heterocycles. The molecule has 0 radical (unpaired) electrons. The van der Waals surface area contributed by atoms with Crippen LogP contribution in [-0.4, -0.2) is 25.1 Å². The van der Waals surface area contributed by atoms with Crippen LogP contribution in [0.4, 0.5) is 22.1 Å². The Labute approximate surface area is 166 Å². The van der Waals surface area contributed by atoms with Crippen LogP contribution in [0.1, 0.15) is 54.6 Å². The Bertz CT molecular complexity index is 1010. The van der Waals surface area contributed by atoms with Gasteiger partial charge in [0.25, 0.3) is 0 Å². The number of hydrogen-bond donors (Lipinski definition) is 3. The number of nitrogens with one attached hydrogen (secondary N) is 3. The number of rotatable bonds is 7. The number of aromatic amines is 1. The van der Waals surface area contributed by atoms with Gasteiger partial charge in [-0.15, -0.1) is 0 Å². The molecule has 2 heterocycles. The lowest BCUT2D eigenvalue weighted by atomic mass is 10.2. The third kappa shape index (κ3) is 3.91. The number of anilines is 3. The van der Waals surface area contributed by atoms with E-state index in [4.69, 9.17) is 11.6 Å². The summed E-state index contributed by atoms with van der Waals surface area (Å²) in [5, 5.41) is 14.1. The fourth-order valence-electron chi connectivity index (χ4n) is 3.01. The molecule has 5 rings (SSSR count). The highest BCUT2D eigenvalue weighted by Crippen LogP contribution is 2.40. The molecule has 1 aromatic carbocycles. The van der Waals surface area contributed by atoms with Crippen molar-refractivity contribution in [3.8, 4) is 0 Å². The number of aromatic nitrogens is 5. The zero-order valence-corrected chi connectivity index (χ0v) is 15.8. The molecule has 3 N–H and O–H groups in total. The monoisotopic (exact) mass is 399 g/mol. The minimum atomic E-state index is -0.360. The Morgan fingerprint density at radius 3 is 2.57 bits per heavy atom. The summed E-state index contributed by atoms with van der Waals surface area (Å²) >= 11 is 6.10. The first-order chi connectivity index (χ1) is 13.6. The van der Waals surface area contributed by atoms with E-state index in [0.717, 1.165) is 29.9 Å². The molecule has 144 valence electrons. The number of halogens is 2. The topological polar surface area (TPSA) is 91.4 Å². The Morgan fingerprint density at radius 2 is 1.82 bits per heavy atom. The van der Waals surface area contributed by atoms with Crippen LogP contribution in [0.2, 0.25) is 5.02 Å². The number of benzene rings is 1. The number of H-pyrrole nitrogens is 1. The summed E-state index contributed by atoms with van der Waals surface area (Å²) in [5.74, 6) is 2.99. The van der Waals surface area contributed by atoms with Crippen molar-refractivity contribution in [3.05, 3.63) is 52.2 Å². The smallest absolute Gasteiger partial charge is 0.233 e. The number of hydrogen-bond acceptors (Lipinski definition) is 6. The molecule has 0 amide bonds. The van der Waals surface area contributed by atoms with E-state index >= 15 is 0 Å². The van der Waals surface area contributed by atoms with Crippen LogP contribution in [0.15, 0.2) is 24.3 Å². The summed E-state index contributed by atoms with van der Waals surface area (Å²) in [4.78, 5) is 13.5. The highest BCUT2D eigenvalue weighted by atomic mass is 35.5. The van der Waals surface area contributed by atoms with E-state index in [1.54, 1.807) is 6.07 Å². The fraction of sp³-hybridized carbons (Fsp3) is 0.368. The van der Waals surface area contributed by atoms with Gasteiger partial charge in [-0.1, -0.05) is 17.7 Å². The first kappa shape index (κ1) is 17.4. The van der Waals surface area contributed by atoms with Crippen molar-refractivity contribution in [1.82, 2.24) is 25.1 Å². The first-order valence-electron chi connectivity index (χ1n) is 9.40. The Kier molecular flexibility index (Phi) is 4.35. The van der Waals surface area contributed by atoms with Gasteiger partial charge < -0.3 is 10.6 Å². The maximum Gasteiger partial charge on any atom is 0.233 e. The van der Waals surface area contributed by atoms with E-state index in [1.807, 2.05) is 6.07 Å². The van der Waals surface area contributed by atoms with Crippen molar-refractivity contribution in [2.24, 2.45) is 0 Å². The van der Waals surface area contributed by atoms with Crippen LogP contribution >= 0.6 is 11.6 Å². The Hall–Kier alpha value is -2.74. The second-order valence-corrected chi connectivity index (χ2v) is 7.72. The standard InChI is InChI=1S/C19H19ClFN7/c20-14-7-13(21)6-5-12(14)9-22-18-24-17(11-3-4-11)25-19(26-18)23-16-8-15(27-28-16)10-1-2-10/h5-8,10-11H,1-4,9H2,(H3,22,23,24,25,26,27,28). The van der Waals surface area contributed by atoms with E-state index in [0.29, 0.717) is 41.1 Å². The molecule has 2 fully saturated rings. The lowest BCUT2D eigenvalue weighted by Crippen LogP contribution is -2.10. The summed E-state index contributed by atoms with van der Waals surface area (Å²) in [6, 6.07) is 6.33. The Balaban J connectivity index is 1.34. The molecule has 0 saturated heterocycles. The summed E-state index contributed by atoms with van der Waals surface area (Å²) in [6.07, 6.45) is 4.58. The quantitative estimate of drug-likeness (QED) is 0.542. The molecule has 28 heavy (non-hydrogen) atoms. The number of nitrogens with zero attached hydrogens (tertiary/aromatic N) is 4. The first-order valence-corrected chi connectivity index (χ1v) is 9.78. The molecule has 2 aliphatic rings. The second-order valence-electron chi connectivity index (χ2n) is 7.31. The molecule has 2 aliphatic carbocycles. The van der Waals surface area contributed by atoms with Gasteiger partial charge in [-0.2, -0.15) is 20.1 Å². The fourth-order valence-corrected chi connectivity index (χ4v) is 3.24. The van der Waals surface area contributed by atoms with Gasteiger partial charge in [0.15, 0.2) is 5.82 Å². The molecule has 0 atom stereocenters. The van der Waals surface area contributed by atoms with E-state index in [1.165, 1.54) is 25.0 Å². The average molecular weight is 400 g/mol. The van der Waals surface area contributed by atoms with E-state index in [-0.39, 0.29) is 5.82 Å². The molecule has 7 nitrogen and oxygen atoms in total. The maximum absolute atomic E-state index is 13.2. The molecule has 9 heteroatoms. The van der Waals surface area contributed by atoms with Gasteiger partial charge in [-0.25, -0.2) is 4.39 Å². The van der Waals surface area contributed by atoms with Crippen LogP contribution in [0.25, 0.3) is 0 Å². The molecular weight excluding hydrogens is 381 g/mol. The van der Waals surface area contributed by atoms with Crippen LogP contribution in [0, 0.1) is 5.82 Å². The van der Waals surface area contributed by atoms with Crippen LogP contribution in [0.3, 0.4) is 0 Å². The highest BCUT2D eigenvalue weighted by molar-refractivity contribution is 6.31. The Morgan fingerprint density at radius 1 is 1.04 bits per heavy atom. The van der Waals surface area contributed by atoms with E-state index in [2.05, 4.69) is 35.8 Å². The summed E-state index contributed by atoms with van der Waals surface area (Å²) in [6.45, 7) is 0.390. The predicted molar refractivity (Wildman–Crippen MR) is 104 cm³/mol. The van der Waals surface area contributed by atoms with Gasteiger partial charge in [0, 0.05) is 35.2 Å². The van der Waals surface area contributed by atoms with Gasteiger partial charge in [0.1, 0.15) is 11.6 Å². The molecule has 3 aromatic rings. The SMILES string of the molecule is Fc1ccc(CNc2nc(Nc3cc(C4CC4)[nH]n3)nc(C3CC3)n2)c(Cl)c1. The van der Waals surface area contributed by atoms with Crippen molar-refractivity contribution in [2.45, 2.75) is 44.1 Å². The zero-order chi connectivity index (χ0) is 19.1. The van der Waals surface area contributed by atoms with E-state index in [9.17, 15) is 4.39 Å². The molecular formula is C19H19ClFN7. The lowest BCUT2D eigenvalue weighted by Gasteiger charge is -2.10. The largest absolute Gasteiger partial charge is 0.350 e. The van der Waals surface area contributed by atoms with E-state index < -0.39 is 0 Å². The average Bonchev–Trinajstić information content (AvgIpc) is 3.59. The highest BCUT2D eigenvalue weighted by Gasteiger charge is 2.28. The minimum Gasteiger partial charge on any atom is -0.350 e. The zero-order valence-electron chi connectivity index (χ0n) is 15.0. The van der Waals surface area contributed by atoms with Crippen molar-refractivity contribution in [2.75, 3.05) is 10.6 Å².